The summed E-state index contributed by atoms with van der Waals surface area (Å²) < 4.78 is 17.1. The second-order valence-electron chi connectivity index (χ2n) is 7.61. The molecule has 1 heterocycles. The van der Waals surface area contributed by atoms with Gasteiger partial charge in [0.05, 0.1) is 22.6 Å². The van der Waals surface area contributed by atoms with Gasteiger partial charge < -0.3 is 14.2 Å². The molecule has 7 nitrogen and oxygen atoms in total. The van der Waals surface area contributed by atoms with Gasteiger partial charge in [0.2, 0.25) is 0 Å². The van der Waals surface area contributed by atoms with E-state index in [2.05, 4.69) is 15.9 Å². The lowest BCUT2D eigenvalue weighted by Crippen LogP contribution is -2.35. The number of carbonyl (C=O) groups excluding carboxylic acids is 3. The zero-order valence-corrected chi connectivity index (χ0v) is 21.1. The first-order chi connectivity index (χ1) is 15.7. The molecule has 174 valence electrons. The maximum atomic E-state index is 12.7. The largest absolute Gasteiger partial charge is 0.493 e. The first-order valence-electron chi connectivity index (χ1n) is 10.2. The number of nitrogens with zero attached hydrogens (tertiary/aromatic N) is 1. The monoisotopic (exact) mass is 533 g/mol. The topological polar surface area (TPSA) is 82.1 Å². The van der Waals surface area contributed by atoms with Gasteiger partial charge in [-0.1, -0.05) is 29.8 Å². The van der Waals surface area contributed by atoms with Crippen LogP contribution in [0.15, 0.2) is 45.8 Å². The Morgan fingerprint density at radius 3 is 2.52 bits per heavy atom. The SMILES string of the molecule is COc1cc(/C=C2\SC(=O)N(CC(=O)OC(C)C)C2=O)cc(Br)c1OCc1ccc(C)cc1. The lowest BCUT2D eigenvalue weighted by Gasteiger charge is -2.14. The number of carbonyl (C=O) groups is 3. The highest BCUT2D eigenvalue weighted by Gasteiger charge is 2.36. The zero-order valence-electron chi connectivity index (χ0n) is 18.7. The number of amides is 2. The van der Waals surface area contributed by atoms with E-state index < -0.39 is 23.7 Å². The van der Waals surface area contributed by atoms with Crippen molar-refractivity contribution in [2.45, 2.75) is 33.5 Å². The Hall–Kier alpha value is -2.78. The molecule has 2 amide bonds. The number of halogens is 1. The Balaban J connectivity index is 1.77. The number of hydrogen-bond donors (Lipinski definition) is 0. The third kappa shape index (κ3) is 6.39. The van der Waals surface area contributed by atoms with Crippen LogP contribution < -0.4 is 9.47 Å². The van der Waals surface area contributed by atoms with E-state index in [0.29, 0.717) is 28.1 Å². The Morgan fingerprint density at radius 1 is 1.18 bits per heavy atom. The Kier molecular flexibility index (Phi) is 8.20. The van der Waals surface area contributed by atoms with Crippen LogP contribution in [0, 0.1) is 6.92 Å². The fourth-order valence-electron chi connectivity index (χ4n) is 3.02. The molecule has 1 saturated heterocycles. The highest BCUT2D eigenvalue weighted by atomic mass is 79.9. The van der Waals surface area contributed by atoms with Crippen LogP contribution in [0.2, 0.25) is 0 Å². The van der Waals surface area contributed by atoms with Crippen LogP contribution in [0.4, 0.5) is 4.79 Å². The summed E-state index contributed by atoms with van der Waals surface area (Å²) in [6.07, 6.45) is 1.25. The number of thioether (sulfide) groups is 1. The zero-order chi connectivity index (χ0) is 24.1. The molecule has 33 heavy (non-hydrogen) atoms. The number of imide groups is 1. The summed E-state index contributed by atoms with van der Waals surface area (Å²) in [4.78, 5) is 37.9. The van der Waals surface area contributed by atoms with Crippen molar-refractivity contribution < 1.29 is 28.6 Å². The molecule has 3 rings (SSSR count). The third-order valence-corrected chi connectivity index (χ3v) is 6.08. The second kappa shape index (κ2) is 10.9. The van der Waals surface area contributed by atoms with E-state index in [4.69, 9.17) is 14.2 Å². The Bertz CT molecular complexity index is 1100. The van der Waals surface area contributed by atoms with Crippen LogP contribution in [0.3, 0.4) is 0 Å². The second-order valence-corrected chi connectivity index (χ2v) is 9.46. The lowest BCUT2D eigenvalue weighted by atomic mass is 10.1. The van der Waals surface area contributed by atoms with Gasteiger partial charge in [0.25, 0.3) is 11.1 Å². The van der Waals surface area contributed by atoms with Gasteiger partial charge in [-0.15, -0.1) is 0 Å². The molecule has 2 aromatic carbocycles. The molecule has 0 unspecified atom stereocenters. The van der Waals surface area contributed by atoms with Crippen molar-refractivity contribution in [2.75, 3.05) is 13.7 Å². The maximum absolute atomic E-state index is 12.7. The number of esters is 1. The summed E-state index contributed by atoms with van der Waals surface area (Å²) in [5.41, 5.74) is 2.82. The molecule has 0 bridgehead atoms. The van der Waals surface area contributed by atoms with Gasteiger partial charge >= 0.3 is 5.97 Å². The van der Waals surface area contributed by atoms with Crippen LogP contribution in [-0.4, -0.2) is 41.8 Å². The van der Waals surface area contributed by atoms with Gasteiger partial charge in [0.1, 0.15) is 13.2 Å². The van der Waals surface area contributed by atoms with Crippen LogP contribution in [0.1, 0.15) is 30.5 Å². The van der Waals surface area contributed by atoms with E-state index >= 15 is 0 Å². The van der Waals surface area contributed by atoms with Crippen molar-refractivity contribution in [3.8, 4) is 11.5 Å². The summed E-state index contributed by atoms with van der Waals surface area (Å²) in [5, 5.41) is -0.518. The minimum absolute atomic E-state index is 0.208. The maximum Gasteiger partial charge on any atom is 0.326 e. The van der Waals surface area contributed by atoms with Crippen molar-refractivity contribution in [3.05, 3.63) is 62.5 Å². The number of rotatable bonds is 8. The number of hydrogen-bond acceptors (Lipinski definition) is 7. The molecular formula is C24H24BrNO6S. The average Bonchev–Trinajstić information content (AvgIpc) is 3.00. The van der Waals surface area contributed by atoms with Crippen molar-refractivity contribution in [1.29, 1.82) is 0 Å². The van der Waals surface area contributed by atoms with Gasteiger partial charge in [0.15, 0.2) is 11.5 Å². The molecular weight excluding hydrogens is 510 g/mol. The van der Waals surface area contributed by atoms with Gasteiger partial charge in [-0.05, 0) is 77.8 Å². The van der Waals surface area contributed by atoms with Crippen molar-refractivity contribution in [3.63, 3.8) is 0 Å². The molecule has 0 spiro atoms. The minimum Gasteiger partial charge on any atom is -0.493 e. The summed E-state index contributed by atoms with van der Waals surface area (Å²) >= 11 is 4.28. The molecule has 2 aromatic rings. The average molecular weight is 534 g/mol. The highest BCUT2D eigenvalue weighted by Crippen LogP contribution is 2.39. The van der Waals surface area contributed by atoms with Crippen LogP contribution in [-0.2, 0) is 20.9 Å². The fourth-order valence-corrected chi connectivity index (χ4v) is 4.43. The van der Waals surface area contributed by atoms with E-state index in [1.54, 1.807) is 32.1 Å². The molecule has 0 saturated carbocycles. The summed E-state index contributed by atoms with van der Waals surface area (Å²) in [7, 11) is 1.53. The quantitative estimate of drug-likeness (QED) is 0.334. The standard InChI is InChI=1S/C24H24BrNO6S/c1-14(2)32-21(27)12-26-23(28)20(33-24(26)29)11-17-9-18(25)22(19(10-17)30-4)31-13-16-7-5-15(3)6-8-16/h5-11,14H,12-13H2,1-4H3/b20-11-. The van der Waals surface area contributed by atoms with Crippen molar-refractivity contribution in [1.82, 2.24) is 4.90 Å². The number of aryl methyl sites for hydroxylation is 1. The van der Waals surface area contributed by atoms with E-state index in [0.717, 1.165) is 22.2 Å². The first-order valence-corrected chi connectivity index (χ1v) is 11.8. The molecule has 1 fully saturated rings. The Morgan fingerprint density at radius 2 is 1.88 bits per heavy atom. The summed E-state index contributed by atoms with van der Waals surface area (Å²) in [5.74, 6) is -0.171. The summed E-state index contributed by atoms with van der Waals surface area (Å²) in [6.45, 7) is 5.37. The molecule has 1 aliphatic heterocycles. The first kappa shape index (κ1) is 24.9. The van der Waals surface area contributed by atoms with Gasteiger partial charge in [-0.25, -0.2) is 0 Å². The number of benzene rings is 2. The van der Waals surface area contributed by atoms with Crippen LogP contribution in [0.5, 0.6) is 11.5 Å². The van der Waals surface area contributed by atoms with E-state index in [-0.39, 0.29) is 11.0 Å². The molecule has 0 aromatic heterocycles. The van der Waals surface area contributed by atoms with Crippen molar-refractivity contribution in [2.24, 2.45) is 0 Å². The predicted molar refractivity (Wildman–Crippen MR) is 130 cm³/mol. The molecule has 9 heteroatoms. The normalized spacial score (nSPS) is 14.8. The van der Waals surface area contributed by atoms with E-state index in [1.807, 2.05) is 31.2 Å². The molecule has 0 atom stereocenters. The number of ether oxygens (including phenoxy) is 3. The summed E-state index contributed by atoms with van der Waals surface area (Å²) in [6, 6.07) is 11.5. The van der Waals surface area contributed by atoms with Gasteiger partial charge in [-0.3, -0.25) is 19.3 Å². The molecule has 0 aliphatic carbocycles. The van der Waals surface area contributed by atoms with Crippen molar-refractivity contribution >= 4 is 50.9 Å². The molecule has 0 radical (unpaired) electrons. The van der Waals surface area contributed by atoms with Gasteiger partial charge in [-0.2, -0.15) is 0 Å². The smallest absolute Gasteiger partial charge is 0.326 e. The van der Waals surface area contributed by atoms with E-state index in [9.17, 15) is 14.4 Å². The number of methoxy groups -OCH3 is 1. The molecule has 1 aliphatic rings. The molecule has 0 N–H and O–H groups in total. The highest BCUT2D eigenvalue weighted by molar-refractivity contribution is 9.10. The van der Waals surface area contributed by atoms with Crippen LogP contribution >= 0.6 is 27.7 Å². The fraction of sp³-hybridized carbons (Fsp3) is 0.292. The van der Waals surface area contributed by atoms with Gasteiger partial charge in [0, 0.05) is 0 Å². The predicted octanol–water partition coefficient (Wildman–Crippen LogP) is 5.33. The van der Waals surface area contributed by atoms with Crippen LogP contribution in [0.25, 0.3) is 6.08 Å². The van der Waals surface area contributed by atoms with E-state index in [1.165, 1.54) is 12.7 Å². The lowest BCUT2D eigenvalue weighted by molar-refractivity contribution is -0.149. The third-order valence-electron chi connectivity index (χ3n) is 4.58. The minimum atomic E-state index is -0.631. The Labute approximate surface area is 205 Å².